The van der Waals surface area contributed by atoms with E-state index in [0.29, 0.717) is 33.9 Å². The van der Waals surface area contributed by atoms with E-state index >= 15 is 0 Å². The summed E-state index contributed by atoms with van der Waals surface area (Å²) in [7, 11) is 1.61. The summed E-state index contributed by atoms with van der Waals surface area (Å²) in [5.41, 5.74) is 1.99. The van der Waals surface area contributed by atoms with Crippen LogP contribution in [0.5, 0.6) is 5.75 Å². The molecule has 0 N–H and O–H groups in total. The highest BCUT2D eigenvalue weighted by Crippen LogP contribution is 2.23. The van der Waals surface area contributed by atoms with Crippen molar-refractivity contribution in [1.29, 1.82) is 0 Å². The van der Waals surface area contributed by atoms with Crippen LogP contribution in [0, 0.1) is 0 Å². The average molecular weight is 417 g/mol. The summed E-state index contributed by atoms with van der Waals surface area (Å²) in [4.78, 5) is 30.5. The van der Waals surface area contributed by atoms with E-state index in [1.807, 2.05) is 60.7 Å². The average Bonchev–Trinajstić information content (AvgIpc) is 2.80. The van der Waals surface area contributed by atoms with Crippen molar-refractivity contribution in [2.45, 2.75) is 11.7 Å². The molecule has 30 heavy (non-hydrogen) atoms. The third-order valence-electron chi connectivity index (χ3n) is 4.78. The molecule has 0 aliphatic rings. The molecule has 0 saturated carbocycles. The van der Waals surface area contributed by atoms with Crippen molar-refractivity contribution >= 4 is 28.4 Å². The molecule has 0 bridgehead atoms. The van der Waals surface area contributed by atoms with Gasteiger partial charge in [0, 0.05) is 11.1 Å². The number of benzene rings is 3. The normalized spacial score (nSPS) is 10.8. The molecule has 0 spiro atoms. The number of hydrogen-bond donors (Lipinski definition) is 0. The molecule has 4 aromatic rings. The molecule has 3 aromatic carbocycles. The molecule has 0 aliphatic heterocycles. The number of aromatic nitrogens is 2. The lowest BCUT2D eigenvalue weighted by Gasteiger charge is -2.15. The van der Waals surface area contributed by atoms with Gasteiger partial charge in [-0.05, 0) is 18.2 Å². The third-order valence-corrected chi connectivity index (χ3v) is 5.75. The fourth-order valence-corrected chi connectivity index (χ4v) is 4.13. The second-order valence-corrected chi connectivity index (χ2v) is 7.64. The van der Waals surface area contributed by atoms with Crippen molar-refractivity contribution in [2.24, 2.45) is 0 Å². The number of carbonyl (C=O) groups is 1. The van der Waals surface area contributed by atoms with Crippen molar-refractivity contribution in [3.8, 4) is 5.75 Å². The number of carbonyl (C=O) groups excluding carboxylic acids is 1. The van der Waals surface area contributed by atoms with Crippen LogP contribution in [0.4, 0.5) is 0 Å². The zero-order valence-corrected chi connectivity index (χ0v) is 17.3. The Balaban J connectivity index is 1.73. The van der Waals surface area contributed by atoms with Gasteiger partial charge in [0.2, 0.25) is 0 Å². The number of methoxy groups -OCH3 is 1. The summed E-state index contributed by atoms with van der Waals surface area (Å²) in [5, 5.41) is 1.06. The highest BCUT2D eigenvalue weighted by Gasteiger charge is 2.15. The summed E-state index contributed by atoms with van der Waals surface area (Å²) < 4.78 is 7.06. The first kappa shape index (κ1) is 19.9. The Morgan fingerprint density at radius 1 is 0.967 bits per heavy atom. The SMILES string of the molecule is COc1ccccc1Cn1c(SCC(=O)c2ccccc2)nc2ccccc2c1=O. The molecule has 6 heteroatoms. The number of nitrogens with zero attached hydrogens (tertiary/aromatic N) is 2. The minimum Gasteiger partial charge on any atom is -0.496 e. The van der Waals surface area contributed by atoms with E-state index in [4.69, 9.17) is 4.74 Å². The van der Waals surface area contributed by atoms with Crippen LogP contribution in [0.15, 0.2) is 88.8 Å². The first-order chi connectivity index (χ1) is 14.7. The van der Waals surface area contributed by atoms with E-state index in [0.717, 1.165) is 5.56 Å². The smallest absolute Gasteiger partial charge is 0.262 e. The summed E-state index contributed by atoms with van der Waals surface area (Å²) >= 11 is 1.27. The van der Waals surface area contributed by atoms with Gasteiger partial charge in [-0.2, -0.15) is 0 Å². The highest BCUT2D eigenvalue weighted by atomic mass is 32.2. The second-order valence-electron chi connectivity index (χ2n) is 6.69. The van der Waals surface area contributed by atoms with Gasteiger partial charge < -0.3 is 4.74 Å². The van der Waals surface area contributed by atoms with Crippen LogP contribution >= 0.6 is 11.8 Å². The molecular weight excluding hydrogens is 396 g/mol. The number of fused-ring (bicyclic) bond motifs is 1. The van der Waals surface area contributed by atoms with Gasteiger partial charge in [0.1, 0.15) is 5.75 Å². The zero-order chi connectivity index (χ0) is 20.9. The molecule has 150 valence electrons. The Kier molecular flexibility index (Phi) is 5.95. The Labute approximate surface area is 178 Å². The monoisotopic (exact) mass is 416 g/mol. The Bertz CT molecular complexity index is 1250. The lowest BCUT2D eigenvalue weighted by Crippen LogP contribution is -2.24. The Morgan fingerprint density at radius 3 is 2.47 bits per heavy atom. The summed E-state index contributed by atoms with van der Waals surface area (Å²) in [5.74, 6) is 0.890. The first-order valence-corrected chi connectivity index (χ1v) is 10.5. The van der Waals surface area contributed by atoms with Crippen molar-refractivity contribution < 1.29 is 9.53 Å². The van der Waals surface area contributed by atoms with E-state index < -0.39 is 0 Å². The standard InChI is InChI=1S/C24H20N2O3S/c1-29-22-14-8-5-11-18(22)15-26-23(28)19-12-6-7-13-20(19)25-24(26)30-16-21(27)17-9-3-2-4-10-17/h2-14H,15-16H2,1H3. The van der Waals surface area contributed by atoms with Crippen LogP contribution in [0.3, 0.4) is 0 Å². The van der Waals surface area contributed by atoms with Gasteiger partial charge in [0.25, 0.3) is 5.56 Å². The molecule has 0 unspecified atom stereocenters. The molecule has 0 atom stereocenters. The van der Waals surface area contributed by atoms with Gasteiger partial charge in [-0.1, -0.05) is 72.4 Å². The van der Waals surface area contributed by atoms with Gasteiger partial charge in [-0.15, -0.1) is 0 Å². The molecule has 5 nitrogen and oxygen atoms in total. The fraction of sp³-hybridized carbons (Fsp3) is 0.125. The minimum atomic E-state index is -0.138. The molecule has 4 rings (SSSR count). The largest absolute Gasteiger partial charge is 0.496 e. The number of thioether (sulfide) groups is 1. The van der Waals surface area contributed by atoms with E-state index in [1.165, 1.54) is 11.8 Å². The third kappa shape index (κ3) is 4.14. The number of ketones is 1. The van der Waals surface area contributed by atoms with Gasteiger partial charge in [0.15, 0.2) is 10.9 Å². The maximum atomic E-state index is 13.3. The quantitative estimate of drug-likeness (QED) is 0.253. The zero-order valence-electron chi connectivity index (χ0n) is 16.4. The van der Waals surface area contributed by atoms with E-state index in [1.54, 1.807) is 29.9 Å². The number of rotatable bonds is 7. The maximum Gasteiger partial charge on any atom is 0.262 e. The molecule has 1 heterocycles. The number of hydrogen-bond acceptors (Lipinski definition) is 5. The van der Waals surface area contributed by atoms with Crippen LogP contribution in [-0.4, -0.2) is 28.2 Å². The van der Waals surface area contributed by atoms with Crippen LogP contribution in [0.2, 0.25) is 0 Å². The molecule has 0 fully saturated rings. The molecular formula is C24H20N2O3S. The lowest BCUT2D eigenvalue weighted by molar-refractivity contribution is 0.102. The number of para-hydroxylation sites is 2. The topological polar surface area (TPSA) is 61.2 Å². The van der Waals surface area contributed by atoms with Gasteiger partial charge >= 0.3 is 0 Å². The van der Waals surface area contributed by atoms with Crippen molar-refractivity contribution in [1.82, 2.24) is 9.55 Å². The Morgan fingerprint density at radius 2 is 1.67 bits per heavy atom. The fourth-order valence-electron chi connectivity index (χ4n) is 3.24. The number of Topliss-reactive ketones (excluding diaryl/α,β-unsaturated/α-hetero) is 1. The van der Waals surface area contributed by atoms with E-state index in [9.17, 15) is 9.59 Å². The van der Waals surface area contributed by atoms with Crippen LogP contribution in [-0.2, 0) is 6.54 Å². The van der Waals surface area contributed by atoms with Crippen LogP contribution in [0.25, 0.3) is 10.9 Å². The molecule has 0 aliphatic carbocycles. The van der Waals surface area contributed by atoms with Crippen molar-refractivity contribution in [3.05, 3.63) is 100 Å². The molecule has 0 amide bonds. The summed E-state index contributed by atoms with van der Waals surface area (Å²) in [6.07, 6.45) is 0. The maximum absolute atomic E-state index is 13.3. The minimum absolute atomic E-state index is 0.00755. The molecule has 0 saturated heterocycles. The second kappa shape index (κ2) is 8.97. The van der Waals surface area contributed by atoms with Crippen molar-refractivity contribution in [3.63, 3.8) is 0 Å². The first-order valence-electron chi connectivity index (χ1n) is 9.50. The summed E-state index contributed by atoms with van der Waals surface area (Å²) in [6.45, 7) is 0.308. The molecule has 1 aromatic heterocycles. The summed E-state index contributed by atoms with van der Waals surface area (Å²) in [6, 6.07) is 24.0. The van der Waals surface area contributed by atoms with E-state index in [2.05, 4.69) is 4.98 Å². The van der Waals surface area contributed by atoms with Crippen molar-refractivity contribution in [2.75, 3.05) is 12.9 Å². The lowest BCUT2D eigenvalue weighted by atomic mass is 10.2. The Hall–Kier alpha value is -3.38. The van der Waals surface area contributed by atoms with Crippen LogP contribution < -0.4 is 10.3 Å². The van der Waals surface area contributed by atoms with E-state index in [-0.39, 0.29) is 17.1 Å². The predicted octanol–water partition coefficient (Wildman–Crippen LogP) is 4.43. The predicted molar refractivity (Wildman–Crippen MR) is 120 cm³/mol. The molecule has 0 radical (unpaired) electrons. The van der Waals surface area contributed by atoms with Crippen LogP contribution in [0.1, 0.15) is 15.9 Å². The highest BCUT2D eigenvalue weighted by molar-refractivity contribution is 7.99. The van der Waals surface area contributed by atoms with Gasteiger partial charge in [-0.3, -0.25) is 14.2 Å². The van der Waals surface area contributed by atoms with Gasteiger partial charge in [-0.25, -0.2) is 4.98 Å². The van der Waals surface area contributed by atoms with Gasteiger partial charge in [0.05, 0.1) is 30.3 Å². The number of ether oxygens (including phenoxy) is 1.